The number of hydrogen-bond donors (Lipinski definition) is 1. The Balaban J connectivity index is 1.61. The zero-order valence-corrected chi connectivity index (χ0v) is 13.7. The minimum Gasteiger partial charge on any atom is -0.493 e. The highest BCUT2D eigenvalue weighted by atomic mass is 19.1. The lowest BCUT2D eigenvalue weighted by molar-refractivity contribution is -0.0298. The van der Waals surface area contributed by atoms with Crippen LogP contribution >= 0.6 is 0 Å². The number of imidazole rings is 1. The van der Waals surface area contributed by atoms with Crippen molar-refractivity contribution in [2.45, 2.75) is 32.0 Å². The molecule has 1 fully saturated rings. The lowest BCUT2D eigenvalue weighted by Crippen LogP contribution is -2.18. The van der Waals surface area contributed by atoms with Crippen LogP contribution in [0.15, 0.2) is 23.1 Å². The maximum Gasteiger partial charge on any atom is 0.312 e. The molecule has 25 heavy (non-hydrogen) atoms. The average molecular weight is 347 g/mol. The van der Waals surface area contributed by atoms with E-state index < -0.39 is 6.08 Å². The van der Waals surface area contributed by atoms with E-state index in [1.165, 1.54) is 6.26 Å². The number of ether oxygens (including phenoxy) is 2. The van der Waals surface area contributed by atoms with Gasteiger partial charge in [-0.2, -0.15) is 14.4 Å². The number of halogens is 1. The lowest BCUT2D eigenvalue weighted by Gasteiger charge is -2.23. The Morgan fingerprint density at radius 3 is 3.08 bits per heavy atom. The fraction of sp³-hybridized carbons (Fsp3) is 0.438. The zero-order chi connectivity index (χ0) is 17.2. The molecule has 8 nitrogen and oxygen atoms in total. The number of nitrogens with zero attached hydrogens (tertiary/aromatic N) is 4. The summed E-state index contributed by atoms with van der Waals surface area (Å²) in [7, 11) is 1.56. The summed E-state index contributed by atoms with van der Waals surface area (Å²) in [4.78, 5) is 12.1. The minimum atomic E-state index is -0.815. The van der Waals surface area contributed by atoms with Crippen molar-refractivity contribution in [3.05, 3.63) is 30.5 Å². The van der Waals surface area contributed by atoms with Crippen molar-refractivity contribution in [2.24, 2.45) is 0 Å². The standard InChI is InChI=1S/C16H18FN5O3/c1-23-11-6-10(25-8-11)7-18-14-13-15(21-16(17)20-14)22(9-19-13)12-4-2-3-5-24-12/h6,8-9,12H,2-5,7H2,1H3,(H,18,20,21). The number of nitrogens with one attached hydrogen (secondary N) is 1. The fourth-order valence-corrected chi connectivity index (χ4v) is 2.90. The van der Waals surface area contributed by atoms with Crippen LogP contribution in [0.3, 0.4) is 0 Å². The van der Waals surface area contributed by atoms with E-state index in [1.807, 2.05) is 0 Å². The molecule has 4 heterocycles. The van der Waals surface area contributed by atoms with Crippen LogP contribution in [-0.2, 0) is 11.3 Å². The number of hydrogen-bond acceptors (Lipinski definition) is 7. The van der Waals surface area contributed by atoms with Gasteiger partial charge in [0.15, 0.2) is 22.7 Å². The highest BCUT2D eigenvalue weighted by Gasteiger charge is 2.21. The third-order valence-electron chi connectivity index (χ3n) is 4.16. The SMILES string of the molecule is COc1coc(CNc2nc(F)nc3c2ncn3C2CCCCO2)c1. The van der Waals surface area contributed by atoms with Crippen molar-refractivity contribution in [2.75, 3.05) is 19.0 Å². The number of furan rings is 1. The number of methoxy groups -OCH3 is 1. The summed E-state index contributed by atoms with van der Waals surface area (Å²) >= 11 is 0. The zero-order valence-electron chi connectivity index (χ0n) is 13.7. The second kappa shape index (κ2) is 6.67. The molecule has 9 heteroatoms. The Kier molecular flexibility index (Phi) is 4.22. The van der Waals surface area contributed by atoms with Gasteiger partial charge < -0.3 is 19.2 Å². The first-order chi connectivity index (χ1) is 12.2. The molecule has 3 aromatic heterocycles. The summed E-state index contributed by atoms with van der Waals surface area (Å²) < 4.78 is 31.8. The first kappa shape index (κ1) is 15.8. The molecule has 1 atom stereocenters. The van der Waals surface area contributed by atoms with Gasteiger partial charge >= 0.3 is 6.08 Å². The highest BCUT2D eigenvalue weighted by molar-refractivity contribution is 5.82. The second-order valence-corrected chi connectivity index (χ2v) is 5.79. The molecule has 1 aliphatic rings. The number of rotatable bonds is 5. The van der Waals surface area contributed by atoms with E-state index in [2.05, 4.69) is 20.3 Å². The molecule has 0 amide bonds. The fourth-order valence-electron chi connectivity index (χ4n) is 2.90. The summed E-state index contributed by atoms with van der Waals surface area (Å²) in [6, 6.07) is 1.75. The average Bonchev–Trinajstić information content (AvgIpc) is 3.27. The number of anilines is 1. The maximum absolute atomic E-state index is 13.9. The summed E-state index contributed by atoms with van der Waals surface area (Å²) in [6.45, 7) is 1.01. The third-order valence-corrected chi connectivity index (χ3v) is 4.16. The van der Waals surface area contributed by atoms with Crippen LogP contribution in [0.2, 0.25) is 0 Å². The number of fused-ring (bicyclic) bond motifs is 1. The molecule has 0 saturated carbocycles. The molecule has 0 bridgehead atoms. The summed E-state index contributed by atoms with van der Waals surface area (Å²) in [5.74, 6) is 1.57. The van der Waals surface area contributed by atoms with Crippen molar-refractivity contribution < 1.29 is 18.3 Å². The van der Waals surface area contributed by atoms with Gasteiger partial charge in [0.05, 0.1) is 20.0 Å². The van der Waals surface area contributed by atoms with Gasteiger partial charge in [0.1, 0.15) is 18.3 Å². The van der Waals surface area contributed by atoms with Crippen LogP contribution in [-0.4, -0.2) is 33.2 Å². The van der Waals surface area contributed by atoms with Crippen LogP contribution in [0.1, 0.15) is 31.3 Å². The van der Waals surface area contributed by atoms with Gasteiger partial charge in [-0.25, -0.2) is 4.98 Å². The van der Waals surface area contributed by atoms with Gasteiger partial charge in [0, 0.05) is 12.7 Å². The Morgan fingerprint density at radius 2 is 2.32 bits per heavy atom. The Hall–Kier alpha value is -2.68. The van der Waals surface area contributed by atoms with Crippen LogP contribution in [0, 0.1) is 6.08 Å². The van der Waals surface area contributed by atoms with Crippen molar-refractivity contribution in [3.8, 4) is 5.75 Å². The summed E-state index contributed by atoms with van der Waals surface area (Å²) in [5.41, 5.74) is 0.910. The lowest BCUT2D eigenvalue weighted by atomic mass is 10.2. The maximum atomic E-state index is 13.9. The van der Waals surface area contributed by atoms with Crippen LogP contribution in [0.25, 0.3) is 11.2 Å². The summed E-state index contributed by atoms with van der Waals surface area (Å²) in [6.07, 6.45) is 5.08. The molecule has 1 aliphatic heterocycles. The predicted octanol–water partition coefficient (Wildman–Crippen LogP) is 2.88. The van der Waals surface area contributed by atoms with Gasteiger partial charge in [0.2, 0.25) is 0 Å². The minimum absolute atomic E-state index is 0.171. The van der Waals surface area contributed by atoms with Gasteiger partial charge in [-0.3, -0.25) is 4.57 Å². The van der Waals surface area contributed by atoms with Crippen molar-refractivity contribution in [1.82, 2.24) is 19.5 Å². The first-order valence-electron chi connectivity index (χ1n) is 8.11. The topological polar surface area (TPSA) is 87.2 Å². The number of aromatic nitrogens is 4. The normalized spacial score (nSPS) is 17.8. The molecule has 0 aliphatic carbocycles. The van der Waals surface area contributed by atoms with Gasteiger partial charge in [-0.05, 0) is 19.3 Å². The molecule has 1 unspecified atom stereocenters. The Bertz CT molecular complexity index is 872. The molecule has 1 saturated heterocycles. The van der Waals surface area contributed by atoms with E-state index in [9.17, 15) is 4.39 Å². The molecule has 3 aromatic rings. The van der Waals surface area contributed by atoms with E-state index >= 15 is 0 Å². The van der Waals surface area contributed by atoms with Crippen LogP contribution in [0.5, 0.6) is 5.75 Å². The molecule has 0 radical (unpaired) electrons. The molecular weight excluding hydrogens is 329 g/mol. The highest BCUT2D eigenvalue weighted by Crippen LogP contribution is 2.28. The predicted molar refractivity (Wildman–Crippen MR) is 86.7 cm³/mol. The van der Waals surface area contributed by atoms with Crippen molar-refractivity contribution >= 4 is 17.0 Å². The quantitative estimate of drug-likeness (QED) is 0.710. The third kappa shape index (κ3) is 3.14. The van der Waals surface area contributed by atoms with E-state index in [0.29, 0.717) is 41.6 Å². The van der Waals surface area contributed by atoms with Crippen molar-refractivity contribution in [1.29, 1.82) is 0 Å². The molecule has 0 aromatic carbocycles. The van der Waals surface area contributed by atoms with Crippen LogP contribution in [0.4, 0.5) is 10.2 Å². The van der Waals surface area contributed by atoms with E-state index in [1.54, 1.807) is 24.1 Å². The Labute approximate surface area is 143 Å². The monoisotopic (exact) mass is 347 g/mol. The Morgan fingerprint density at radius 1 is 1.40 bits per heavy atom. The van der Waals surface area contributed by atoms with E-state index in [4.69, 9.17) is 13.9 Å². The smallest absolute Gasteiger partial charge is 0.312 e. The van der Waals surface area contributed by atoms with Gasteiger partial charge in [0.25, 0.3) is 0 Å². The van der Waals surface area contributed by atoms with E-state index in [-0.39, 0.29) is 6.23 Å². The molecule has 4 rings (SSSR count). The van der Waals surface area contributed by atoms with Crippen LogP contribution < -0.4 is 10.1 Å². The van der Waals surface area contributed by atoms with Gasteiger partial charge in [-0.15, -0.1) is 0 Å². The van der Waals surface area contributed by atoms with E-state index in [0.717, 1.165) is 19.3 Å². The summed E-state index contributed by atoms with van der Waals surface area (Å²) in [5, 5.41) is 3.04. The molecule has 0 spiro atoms. The van der Waals surface area contributed by atoms with Crippen molar-refractivity contribution in [3.63, 3.8) is 0 Å². The second-order valence-electron chi connectivity index (χ2n) is 5.79. The molecule has 1 N–H and O–H groups in total. The largest absolute Gasteiger partial charge is 0.493 e. The van der Waals surface area contributed by atoms with Gasteiger partial charge in [-0.1, -0.05) is 0 Å². The molecule has 132 valence electrons. The molecular formula is C16H18FN5O3. The first-order valence-corrected chi connectivity index (χ1v) is 8.11.